The molecule has 1 fully saturated rings. The van der Waals surface area contributed by atoms with E-state index in [1.165, 1.54) is 0 Å². The molecule has 3 aliphatic rings. The van der Waals surface area contributed by atoms with Crippen LogP contribution < -0.4 is 0 Å². The largest absolute Gasteiger partial charge is 0.264 e. The molecule has 0 radical (unpaired) electrons. The van der Waals surface area contributed by atoms with Crippen molar-refractivity contribution in [3.05, 3.63) is 22.3 Å². The average molecular weight is 153 g/mol. The Bertz CT molecular complexity index is 212. The van der Waals surface area contributed by atoms with Crippen LogP contribution in [0.3, 0.4) is 0 Å². The summed E-state index contributed by atoms with van der Waals surface area (Å²) in [5.41, 5.74) is 0. The standard InChI is InChI=1S/C8H11NO2/c10-9(11)8-5-6-1-3-7(8)4-2-6/h1,3,6-8H,2,4-5H2/t6-,7+,8-/m0/s1. The molecule has 0 amide bonds. The van der Waals surface area contributed by atoms with Gasteiger partial charge in [0.05, 0.1) is 0 Å². The van der Waals surface area contributed by atoms with E-state index in [4.69, 9.17) is 0 Å². The van der Waals surface area contributed by atoms with Crippen LogP contribution in [0.4, 0.5) is 0 Å². The lowest BCUT2D eigenvalue weighted by Crippen LogP contribution is -2.37. The molecule has 11 heavy (non-hydrogen) atoms. The Hall–Kier alpha value is -0.860. The molecule has 3 aliphatic carbocycles. The van der Waals surface area contributed by atoms with E-state index in [0.717, 1.165) is 19.3 Å². The topological polar surface area (TPSA) is 43.1 Å². The SMILES string of the molecule is O=[N+]([O-])[C@H]1C[C@H]2C=C[C@@H]1CC2. The molecule has 60 valence electrons. The predicted molar refractivity (Wildman–Crippen MR) is 40.8 cm³/mol. The second kappa shape index (κ2) is 2.32. The fraction of sp³-hybridized carbons (Fsp3) is 0.750. The Morgan fingerprint density at radius 1 is 1.36 bits per heavy atom. The molecule has 0 unspecified atom stereocenters. The normalized spacial score (nSPS) is 40.9. The predicted octanol–water partition coefficient (Wildman–Crippen LogP) is 1.62. The van der Waals surface area contributed by atoms with Gasteiger partial charge in [-0.25, -0.2) is 0 Å². The Labute approximate surface area is 65.2 Å². The second-order valence-electron chi connectivity index (χ2n) is 3.47. The third-order valence-corrected chi connectivity index (χ3v) is 2.81. The van der Waals surface area contributed by atoms with Crippen molar-refractivity contribution < 1.29 is 4.92 Å². The van der Waals surface area contributed by atoms with Crippen LogP contribution in [0.5, 0.6) is 0 Å². The molecule has 3 heteroatoms. The zero-order valence-electron chi connectivity index (χ0n) is 6.27. The molecule has 1 saturated carbocycles. The molecule has 0 heterocycles. The van der Waals surface area contributed by atoms with E-state index in [1.54, 1.807) is 0 Å². The van der Waals surface area contributed by atoms with Gasteiger partial charge in [-0.05, 0) is 18.8 Å². The molecular formula is C8H11NO2. The molecule has 0 aromatic heterocycles. The Morgan fingerprint density at radius 2 is 2.18 bits per heavy atom. The molecule has 0 saturated heterocycles. The lowest BCUT2D eigenvalue weighted by atomic mass is 9.73. The van der Waals surface area contributed by atoms with E-state index in [9.17, 15) is 10.1 Å². The third kappa shape index (κ3) is 1.04. The highest BCUT2D eigenvalue weighted by atomic mass is 16.6. The summed E-state index contributed by atoms with van der Waals surface area (Å²) in [5.74, 6) is 0.727. The molecule has 3 atom stereocenters. The highest BCUT2D eigenvalue weighted by molar-refractivity contribution is 5.06. The maximum absolute atomic E-state index is 10.5. The summed E-state index contributed by atoms with van der Waals surface area (Å²) in [7, 11) is 0. The van der Waals surface area contributed by atoms with E-state index in [2.05, 4.69) is 6.08 Å². The first kappa shape index (κ1) is 6.83. The highest BCUT2D eigenvalue weighted by Gasteiger charge is 2.39. The highest BCUT2D eigenvalue weighted by Crippen LogP contribution is 2.37. The van der Waals surface area contributed by atoms with Crippen LogP contribution in [0, 0.1) is 22.0 Å². The number of allylic oxidation sites excluding steroid dienone is 1. The minimum Gasteiger partial charge on any atom is -0.264 e. The fourth-order valence-corrected chi connectivity index (χ4v) is 2.14. The van der Waals surface area contributed by atoms with Gasteiger partial charge in [0.25, 0.3) is 0 Å². The summed E-state index contributed by atoms with van der Waals surface area (Å²) in [5, 5.41) is 10.5. The molecule has 0 aromatic rings. The lowest BCUT2D eigenvalue weighted by molar-refractivity contribution is -0.535. The first-order valence-corrected chi connectivity index (χ1v) is 4.09. The van der Waals surface area contributed by atoms with Gasteiger partial charge in [-0.2, -0.15) is 0 Å². The first-order chi connectivity index (χ1) is 5.27. The molecule has 3 nitrogen and oxygen atoms in total. The van der Waals surface area contributed by atoms with Crippen molar-refractivity contribution in [1.82, 2.24) is 0 Å². The second-order valence-corrected chi connectivity index (χ2v) is 3.47. The number of nitrogens with zero attached hydrogens (tertiary/aromatic N) is 1. The van der Waals surface area contributed by atoms with Crippen molar-refractivity contribution in [2.75, 3.05) is 0 Å². The van der Waals surface area contributed by atoms with Crippen LogP contribution in [-0.4, -0.2) is 11.0 Å². The lowest BCUT2D eigenvalue weighted by Gasteiger charge is -2.32. The van der Waals surface area contributed by atoms with Gasteiger partial charge >= 0.3 is 0 Å². The van der Waals surface area contributed by atoms with Gasteiger partial charge in [0, 0.05) is 17.3 Å². The molecule has 0 aromatic carbocycles. The van der Waals surface area contributed by atoms with Crippen molar-refractivity contribution in [3.8, 4) is 0 Å². The minimum atomic E-state index is -0.279. The Morgan fingerprint density at radius 3 is 2.45 bits per heavy atom. The molecule has 2 bridgehead atoms. The van der Waals surface area contributed by atoms with E-state index in [1.807, 2.05) is 6.08 Å². The summed E-state index contributed by atoms with van der Waals surface area (Å²) < 4.78 is 0. The molecule has 3 rings (SSSR count). The van der Waals surface area contributed by atoms with Crippen molar-refractivity contribution >= 4 is 0 Å². The van der Waals surface area contributed by atoms with Gasteiger partial charge < -0.3 is 0 Å². The Balaban J connectivity index is 2.17. The van der Waals surface area contributed by atoms with Crippen LogP contribution in [0.1, 0.15) is 19.3 Å². The van der Waals surface area contributed by atoms with Crippen molar-refractivity contribution in [1.29, 1.82) is 0 Å². The van der Waals surface area contributed by atoms with Crippen LogP contribution in [-0.2, 0) is 0 Å². The Kier molecular flexibility index (Phi) is 1.44. The third-order valence-electron chi connectivity index (χ3n) is 2.81. The average Bonchev–Trinajstić information content (AvgIpc) is 2.06. The zero-order chi connectivity index (χ0) is 7.84. The maximum atomic E-state index is 10.5. The summed E-state index contributed by atoms with van der Waals surface area (Å²) >= 11 is 0. The summed E-state index contributed by atoms with van der Waals surface area (Å²) in [4.78, 5) is 10.4. The van der Waals surface area contributed by atoms with Crippen molar-refractivity contribution in [2.24, 2.45) is 11.8 Å². The van der Waals surface area contributed by atoms with E-state index >= 15 is 0 Å². The number of hydrogen-bond donors (Lipinski definition) is 0. The van der Waals surface area contributed by atoms with Crippen molar-refractivity contribution in [2.45, 2.75) is 25.3 Å². The zero-order valence-corrected chi connectivity index (χ0v) is 6.27. The van der Waals surface area contributed by atoms with Crippen LogP contribution in [0.2, 0.25) is 0 Å². The van der Waals surface area contributed by atoms with Crippen LogP contribution >= 0.6 is 0 Å². The number of rotatable bonds is 1. The maximum Gasteiger partial charge on any atom is 0.219 e. The molecule has 0 spiro atoms. The van der Waals surface area contributed by atoms with Gasteiger partial charge in [0.2, 0.25) is 6.04 Å². The van der Waals surface area contributed by atoms with Gasteiger partial charge in [-0.15, -0.1) is 0 Å². The summed E-state index contributed by atoms with van der Waals surface area (Å²) in [6.45, 7) is 0. The first-order valence-electron chi connectivity index (χ1n) is 4.09. The van der Waals surface area contributed by atoms with E-state index in [0.29, 0.717) is 5.92 Å². The number of nitro groups is 1. The van der Waals surface area contributed by atoms with Gasteiger partial charge in [0.15, 0.2) is 0 Å². The molecule has 0 aliphatic heterocycles. The molecule has 0 N–H and O–H groups in total. The summed E-state index contributed by atoms with van der Waals surface area (Å²) in [6.07, 6.45) is 7.13. The number of fused-ring (bicyclic) bond motifs is 2. The quantitative estimate of drug-likeness (QED) is 0.326. The minimum absolute atomic E-state index is 0.111. The number of hydrogen-bond acceptors (Lipinski definition) is 2. The van der Waals surface area contributed by atoms with Crippen LogP contribution in [0.25, 0.3) is 0 Å². The monoisotopic (exact) mass is 153 g/mol. The van der Waals surface area contributed by atoms with Gasteiger partial charge in [-0.1, -0.05) is 12.2 Å². The van der Waals surface area contributed by atoms with Crippen molar-refractivity contribution in [3.63, 3.8) is 0 Å². The smallest absolute Gasteiger partial charge is 0.219 e. The van der Waals surface area contributed by atoms with Gasteiger partial charge in [0.1, 0.15) is 0 Å². The summed E-state index contributed by atoms with van der Waals surface area (Å²) in [6, 6.07) is -0.279. The molecular weight excluding hydrogens is 142 g/mol. The van der Waals surface area contributed by atoms with E-state index < -0.39 is 0 Å². The van der Waals surface area contributed by atoms with Crippen LogP contribution in [0.15, 0.2) is 12.2 Å². The van der Waals surface area contributed by atoms with Gasteiger partial charge in [-0.3, -0.25) is 10.1 Å². The van der Waals surface area contributed by atoms with E-state index in [-0.39, 0.29) is 16.9 Å². The fourth-order valence-electron chi connectivity index (χ4n) is 2.14.